The molecule has 1 aromatic rings. The van der Waals surface area contributed by atoms with Crippen molar-refractivity contribution in [1.29, 1.82) is 0 Å². The van der Waals surface area contributed by atoms with Crippen LogP contribution in [0.15, 0.2) is 0 Å². The first-order valence-electron chi connectivity index (χ1n) is 6.42. The van der Waals surface area contributed by atoms with Crippen LogP contribution in [0.2, 0.25) is 0 Å². The topological polar surface area (TPSA) is 34.1 Å². The first-order chi connectivity index (χ1) is 9.70. The molecule has 1 rings (SSSR count). The third kappa shape index (κ3) is 13.2. The summed E-state index contributed by atoms with van der Waals surface area (Å²) in [7, 11) is 2.84. The van der Waals surface area contributed by atoms with Crippen LogP contribution in [-0.2, 0) is 27.2 Å². The van der Waals surface area contributed by atoms with Gasteiger partial charge in [-0.15, -0.1) is 0 Å². The van der Waals surface area contributed by atoms with Crippen molar-refractivity contribution in [2.24, 2.45) is 0 Å². The van der Waals surface area contributed by atoms with E-state index in [-0.39, 0.29) is 7.92 Å². The van der Waals surface area contributed by atoms with Gasteiger partial charge in [-0.2, -0.15) is 27.8 Å². The van der Waals surface area contributed by atoms with Gasteiger partial charge in [0.15, 0.2) is 0 Å². The summed E-state index contributed by atoms with van der Waals surface area (Å²) in [6.07, 6.45) is 0. The Morgan fingerprint density at radius 1 is 0.952 bits per heavy atom. The van der Waals surface area contributed by atoms with E-state index >= 15 is 0 Å². The molecule has 0 heterocycles. The smallest absolute Gasteiger partial charge is 0.219 e. The van der Waals surface area contributed by atoms with E-state index in [0.717, 1.165) is 0 Å². The maximum atomic E-state index is 9.09. The van der Waals surface area contributed by atoms with E-state index < -0.39 is 17.6 Å². The van der Waals surface area contributed by atoms with Crippen LogP contribution in [-0.4, -0.2) is 38.8 Å². The van der Waals surface area contributed by atoms with Gasteiger partial charge in [0, 0.05) is 20.0 Å². The molecule has 0 saturated carbocycles. The molecule has 0 unspecified atom stereocenters. The SMILES string of the molecule is C[PH+](C)C.Cc1c(C)c(C)[c-](C)c1C.O=[C]=[W]=[C]=O.[CH2-][Si]. The molecule has 0 aromatic heterocycles. The molecule has 0 N–H and O–H groups in total. The van der Waals surface area contributed by atoms with Gasteiger partial charge in [-0.25, -0.2) is 10.2 Å². The summed E-state index contributed by atoms with van der Waals surface area (Å²) in [4.78, 5) is 18.2. The van der Waals surface area contributed by atoms with Gasteiger partial charge in [0.05, 0.1) is 0 Å². The average molecular weight is 494 g/mol. The summed E-state index contributed by atoms with van der Waals surface area (Å²) in [5.74, 6) is 0. The monoisotopic (exact) mass is 494 g/mol. The molecule has 2 nitrogen and oxygen atoms in total. The molecule has 0 saturated heterocycles. The zero-order chi connectivity index (χ0) is 17.6. The van der Waals surface area contributed by atoms with Crippen molar-refractivity contribution < 1.29 is 27.2 Å². The van der Waals surface area contributed by atoms with Crippen LogP contribution in [0, 0.1) is 41.2 Å². The molecule has 0 amide bonds. The molecule has 0 aliphatic carbocycles. The summed E-state index contributed by atoms with van der Waals surface area (Å²) < 4.78 is 3.02. The van der Waals surface area contributed by atoms with Crippen molar-refractivity contribution in [2.45, 2.75) is 34.6 Å². The van der Waals surface area contributed by atoms with E-state index in [1.165, 1.54) is 36.3 Å². The number of hydrogen-bond acceptors (Lipinski definition) is 2. The van der Waals surface area contributed by atoms with E-state index in [0.29, 0.717) is 0 Å². The van der Waals surface area contributed by atoms with Gasteiger partial charge in [0.1, 0.15) is 0 Å². The molecule has 1 aromatic carbocycles. The minimum atomic E-state index is -1.37. The van der Waals surface area contributed by atoms with Gasteiger partial charge < -0.3 is 6.55 Å². The predicted molar refractivity (Wildman–Crippen MR) is 94.3 cm³/mol. The molecule has 0 aliphatic rings. The molecule has 0 fully saturated rings. The summed E-state index contributed by atoms with van der Waals surface area (Å²) in [6.45, 7) is 20.9. The van der Waals surface area contributed by atoms with Gasteiger partial charge in [0.2, 0.25) is 0 Å². The number of hydrogen-bond donors (Lipinski definition) is 0. The predicted octanol–water partition coefficient (Wildman–Crippen LogP) is 3.19. The van der Waals surface area contributed by atoms with E-state index in [2.05, 4.69) is 71.4 Å². The largest absolute Gasteiger partial charge is 0.354 e. The summed E-state index contributed by atoms with van der Waals surface area (Å²) >= 11 is -1.37. The van der Waals surface area contributed by atoms with E-state index in [1.54, 1.807) is 0 Å². The Labute approximate surface area is 142 Å². The second-order valence-electron chi connectivity index (χ2n) is 4.89. The number of rotatable bonds is 0. The zero-order valence-electron chi connectivity index (χ0n) is 14.4. The standard InChI is InChI=1S/C10H15.C3H9P.2CO.CH2Si.W/c1-6-7(2)9(4)10(5)8(6)3;1-4(2)3;3*1-2;/h1-5H3;1-3H3;;;1H2;/q-1;;;;-1;/p+1. The van der Waals surface area contributed by atoms with E-state index in [9.17, 15) is 0 Å². The summed E-state index contributed by atoms with van der Waals surface area (Å²) in [5.41, 5.74) is 7.34. The van der Waals surface area contributed by atoms with Crippen LogP contribution in [0.5, 0.6) is 0 Å². The molecule has 0 spiro atoms. The molecule has 0 atom stereocenters. The Morgan fingerprint density at radius 2 is 1.19 bits per heavy atom. The Hall–Kier alpha value is -0.155. The quantitative estimate of drug-likeness (QED) is 0.316. The van der Waals surface area contributed by atoms with Gasteiger partial charge >= 0.3 is 35.8 Å². The molecule has 5 heteroatoms. The van der Waals surface area contributed by atoms with Crippen LogP contribution in [0.3, 0.4) is 0 Å². The number of carbonyl (C=O) groups excluding carboxylic acids is 2. The van der Waals surface area contributed by atoms with Gasteiger partial charge in [-0.05, 0) is 7.92 Å². The molecular weight excluding hydrogens is 467 g/mol. The first-order valence-corrected chi connectivity index (χ1v) is 13.1. The maximum Gasteiger partial charge on any atom is -0.219 e. The normalized spacial score (nSPS) is 7.95. The zero-order valence-corrected chi connectivity index (χ0v) is 19.4. The molecule has 0 aliphatic heterocycles. The molecular formula is C16H27O2PSiW-. The van der Waals surface area contributed by atoms with E-state index in [4.69, 9.17) is 9.59 Å². The van der Waals surface area contributed by atoms with Crippen molar-refractivity contribution in [3.8, 4) is 0 Å². The van der Waals surface area contributed by atoms with Crippen LogP contribution >= 0.6 is 7.92 Å². The minimum Gasteiger partial charge on any atom is -0.354 e. The summed E-state index contributed by atoms with van der Waals surface area (Å²) in [5, 5.41) is 0. The Morgan fingerprint density at radius 3 is 1.24 bits per heavy atom. The van der Waals surface area contributed by atoms with Crippen LogP contribution in [0.1, 0.15) is 27.8 Å². The average Bonchev–Trinajstić information content (AvgIpc) is 2.60. The first kappa shape index (κ1) is 25.8. The fraction of sp³-hybridized carbons (Fsp3) is 0.500. The molecule has 3 radical (unpaired) electrons. The molecule has 21 heavy (non-hydrogen) atoms. The maximum absolute atomic E-state index is 9.09. The fourth-order valence-electron chi connectivity index (χ4n) is 1.42. The third-order valence-corrected chi connectivity index (χ3v) is 3.49. The summed E-state index contributed by atoms with van der Waals surface area (Å²) in [6, 6.07) is 0. The van der Waals surface area contributed by atoms with Crippen molar-refractivity contribution in [1.82, 2.24) is 0 Å². The Balaban J connectivity index is -0.000000250. The van der Waals surface area contributed by atoms with Gasteiger partial charge in [0.25, 0.3) is 0 Å². The third-order valence-electron chi connectivity index (χ3n) is 2.90. The van der Waals surface area contributed by atoms with Crippen LogP contribution in [0.4, 0.5) is 0 Å². The second kappa shape index (κ2) is 16.2. The fourth-order valence-corrected chi connectivity index (χ4v) is 1.55. The van der Waals surface area contributed by atoms with Crippen molar-refractivity contribution in [3.63, 3.8) is 0 Å². The van der Waals surface area contributed by atoms with Gasteiger partial charge in [-0.3, -0.25) is 0 Å². The van der Waals surface area contributed by atoms with Crippen molar-refractivity contribution in [2.75, 3.05) is 20.0 Å². The van der Waals surface area contributed by atoms with Crippen LogP contribution < -0.4 is 0 Å². The van der Waals surface area contributed by atoms with Crippen LogP contribution in [0.25, 0.3) is 0 Å². The van der Waals surface area contributed by atoms with Gasteiger partial charge in [-0.1, -0.05) is 34.6 Å². The Kier molecular flexibility index (Phi) is 19.9. The van der Waals surface area contributed by atoms with Crippen molar-refractivity contribution in [3.05, 3.63) is 34.4 Å². The van der Waals surface area contributed by atoms with Crippen molar-refractivity contribution >= 4 is 26.7 Å². The Bertz CT molecular complexity index is 410. The molecule has 0 bridgehead atoms. The minimum absolute atomic E-state index is 0.120. The molecule has 119 valence electrons. The second-order valence-corrected chi connectivity index (χ2v) is 9.82. The van der Waals surface area contributed by atoms with E-state index in [1.807, 2.05) is 0 Å².